The second kappa shape index (κ2) is 9.89. The molecule has 5 heteroatoms. The summed E-state index contributed by atoms with van der Waals surface area (Å²) in [5, 5.41) is 0. The number of hydrogen-bond donors (Lipinski definition) is 0. The van der Waals surface area contributed by atoms with E-state index in [4.69, 9.17) is 9.47 Å². The van der Waals surface area contributed by atoms with E-state index in [2.05, 4.69) is 68.0 Å². The summed E-state index contributed by atoms with van der Waals surface area (Å²) < 4.78 is 13.2. The predicted octanol–water partition coefficient (Wildman–Crippen LogP) is 7.25. The van der Waals surface area contributed by atoms with Gasteiger partial charge in [0, 0.05) is 6.21 Å². The molecule has 0 N–H and O–H groups in total. The summed E-state index contributed by atoms with van der Waals surface area (Å²) in [5.74, 6) is 1.63. The van der Waals surface area contributed by atoms with Crippen LogP contribution in [-0.2, 0) is 6.61 Å². The molecule has 0 aliphatic heterocycles. The van der Waals surface area contributed by atoms with Crippen molar-refractivity contribution < 1.29 is 9.47 Å². The smallest absolute Gasteiger partial charge is 0.148 e. The van der Waals surface area contributed by atoms with E-state index < -0.39 is 0 Å². The maximum Gasteiger partial charge on any atom is 0.148 e. The van der Waals surface area contributed by atoms with E-state index in [0.717, 1.165) is 37.3 Å². The summed E-state index contributed by atoms with van der Waals surface area (Å²) in [6.07, 6.45) is 1.83. The van der Waals surface area contributed by atoms with Gasteiger partial charge in [0.25, 0.3) is 0 Å². The summed E-state index contributed by atoms with van der Waals surface area (Å²) in [7, 11) is 0. The Hall–Kier alpha value is -2.11. The van der Waals surface area contributed by atoms with Crippen LogP contribution in [0.15, 0.2) is 74.6 Å². The van der Waals surface area contributed by atoms with E-state index in [1.165, 1.54) is 5.56 Å². The highest BCUT2D eigenvalue weighted by Gasteiger charge is 2.09. The molecule has 0 atom stereocenters. The molecule has 0 amide bonds. The minimum absolute atomic E-state index is 0.511. The first-order chi connectivity index (χ1) is 13.5. The van der Waals surface area contributed by atoms with E-state index >= 15 is 0 Å². The molecule has 0 unspecified atom stereocenters. The van der Waals surface area contributed by atoms with Crippen LogP contribution in [0.1, 0.15) is 23.6 Å². The SMILES string of the molecule is CCOc1ccc(N=Cc2cc(Br)c(OCc3ccc(C)cc3)c(Br)c2)cc1. The molecule has 3 nitrogen and oxygen atoms in total. The van der Waals surface area contributed by atoms with Gasteiger partial charge in [-0.1, -0.05) is 29.8 Å². The topological polar surface area (TPSA) is 30.8 Å². The first-order valence-corrected chi connectivity index (χ1v) is 10.6. The van der Waals surface area contributed by atoms with Gasteiger partial charge >= 0.3 is 0 Å². The van der Waals surface area contributed by atoms with Crippen molar-refractivity contribution in [3.63, 3.8) is 0 Å². The zero-order chi connectivity index (χ0) is 19.9. The average molecular weight is 503 g/mol. The number of ether oxygens (including phenoxy) is 2. The number of nitrogens with zero attached hydrogens (tertiary/aromatic N) is 1. The Balaban J connectivity index is 1.69. The van der Waals surface area contributed by atoms with Crippen molar-refractivity contribution in [3.8, 4) is 11.5 Å². The van der Waals surface area contributed by atoms with Crippen molar-refractivity contribution in [2.45, 2.75) is 20.5 Å². The third kappa shape index (κ3) is 5.69. The third-order valence-electron chi connectivity index (χ3n) is 4.03. The van der Waals surface area contributed by atoms with Crippen LogP contribution in [0.5, 0.6) is 11.5 Å². The summed E-state index contributed by atoms with van der Waals surface area (Å²) in [4.78, 5) is 4.53. The maximum absolute atomic E-state index is 6.00. The standard InChI is InChI=1S/C23H21Br2NO2/c1-3-27-20-10-8-19(9-11-20)26-14-18-12-21(24)23(22(25)13-18)28-15-17-6-4-16(2)5-7-17/h4-14H,3,15H2,1-2H3. The molecule has 0 fully saturated rings. The Labute approximate surface area is 182 Å². The van der Waals surface area contributed by atoms with Crippen LogP contribution in [0.25, 0.3) is 0 Å². The number of benzene rings is 3. The van der Waals surface area contributed by atoms with E-state index in [-0.39, 0.29) is 0 Å². The fourth-order valence-corrected chi connectivity index (χ4v) is 4.03. The van der Waals surface area contributed by atoms with Gasteiger partial charge in [-0.05, 0) is 93.2 Å². The zero-order valence-electron chi connectivity index (χ0n) is 15.8. The maximum atomic E-state index is 6.00. The van der Waals surface area contributed by atoms with Crippen molar-refractivity contribution in [2.24, 2.45) is 4.99 Å². The van der Waals surface area contributed by atoms with Gasteiger partial charge in [-0.15, -0.1) is 0 Å². The molecular weight excluding hydrogens is 482 g/mol. The van der Waals surface area contributed by atoms with Gasteiger partial charge in [-0.25, -0.2) is 0 Å². The van der Waals surface area contributed by atoms with Gasteiger partial charge in [0.1, 0.15) is 18.1 Å². The van der Waals surface area contributed by atoms with Crippen LogP contribution in [-0.4, -0.2) is 12.8 Å². The van der Waals surface area contributed by atoms with Gasteiger partial charge in [-0.2, -0.15) is 0 Å². The Morgan fingerprint density at radius 3 is 2.14 bits per heavy atom. The fourth-order valence-electron chi connectivity index (χ4n) is 2.58. The highest BCUT2D eigenvalue weighted by molar-refractivity contribution is 9.11. The van der Waals surface area contributed by atoms with Crippen molar-refractivity contribution in [1.82, 2.24) is 0 Å². The van der Waals surface area contributed by atoms with Gasteiger partial charge in [0.05, 0.1) is 21.2 Å². The molecule has 0 heterocycles. The molecule has 0 saturated carbocycles. The van der Waals surface area contributed by atoms with Gasteiger partial charge in [0.2, 0.25) is 0 Å². The van der Waals surface area contributed by atoms with Crippen LogP contribution in [0.3, 0.4) is 0 Å². The molecule has 3 rings (SSSR count). The van der Waals surface area contributed by atoms with E-state index in [0.29, 0.717) is 13.2 Å². The lowest BCUT2D eigenvalue weighted by Gasteiger charge is -2.11. The Morgan fingerprint density at radius 1 is 0.893 bits per heavy atom. The highest BCUT2D eigenvalue weighted by Crippen LogP contribution is 2.35. The number of aliphatic imine (C=N–C) groups is 1. The van der Waals surface area contributed by atoms with Crippen LogP contribution in [0.2, 0.25) is 0 Å². The molecule has 0 radical (unpaired) electrons. The lowest BCUT2D eigenvalue weighted by atomic mass is 10.2. The molecular formula is C23H21Br2NO2. The molecule has 0 bridgehead atoms. The van der Waals surface area contributed by atoms with Crippen molar-refractivity contribution in [2.75, 3.05) is 6.61 Å². The first-order valence-electron chi connectivity index (χ1n) is 8.99. The van der Waals surface area contributed by atoms with Crippen molar-refractivity contribution >= 4 is 43.8 Å². The van der Waals surface area contributed by atoms with E-state index in [9.17, 15) is 0 Å². The molecule has 0 spiro atoms. The normalized spacial score (nSPS) is 11.0. The predicted molar refractivity (Wildman–Crippen MR) is 122 cm³/mol. The second-order valence-corrected chi connectivity index (χ2v) is 7.98. The van der Waals surface area contributed by atoms with Gasteiger partial charge in [0.15, 0.2) is 0 Å². The second-order valence-electron chi connectivity index (χ2n) is 6.27. The summed E-state index contributed by atoms with van der Waals surface area (Å²) >= 11 is 7.21. The average Bonchev–Trinajstić information content (AvgIpc) is 2.68. The van der Waals surface area contributed by atoms with Gasteiger partial charge < -0.3 is 9.47 Å². The molecule has 3 aromatic rings. The van der Waals surface area contributed by atoms with E-state index in [1.54, 1.807) is 0 Å². The quantitative estimate of drug-likeness (QED) is 0.318. The van der Waals surface area contributed by atoms with Crippen LogP contribution in [0, 0.1) is 6.92 Å². The number of aryl methyl sites for hydroxylation is 1. The number of rotatable bonds is 7. The molecule has 0 aromatic heterocycles. The number of hydrogen-bond acceptors (Lipinski definition) is 3. The monoisotopic (exact) mass is 501 g/mol. The number of halogens is 2. The summed E-state index contributed by atoms with van der Waals surface area (Å²) in [6.45, 7) is 5.21. The molecule has 28 heavy (non-hydrogen) atoms. The minimum Gasteiger partial charge on any atom is -0.494 e. The fraction of sp³-hybridized carbons (Fsp3) is 0.174. The van der Waals surface area contributed by atoms with E-state index in [1.807, 2.05) is 49.5 Å². The zero-order valence-corrected chi connectivity index (χ0v) is 19.0. The molecule has 0 aliphatic rings. The molecule has 3 aromatic carbocycles. The Bertz CT molecular complexity index is 928. The largest absolute Gasteiger partial charge is 0.494 e. The summed E-state index contributed by atoms with van der Waals surface area (Å²) in [5.41, 5.74) is 4.21. The van der Waals surface area contributed by atoms with Crippen molar-refractivity contribution in [1.29, 1.82) is 0 Å². The summed E-state index contributed by atoms with van der Waals surface area (Å²) in [6, 6.07) is 20.0. The lowest BCUT2D eigenvalue weighted by Crippen LogP contribution is -1.98. The highest BCUT2D eigenvalue weighted by atomic mass is 79.9. The molecule has 144 valence electrons. The van der Waals surface area contributed by atoms with Crippen LogP contribution < -0.4 is 9.47 Å². The lowest BCUT2D eigenvalue weighted by molar-refractivity contribution is 0.302. The Kier molecular flexibility index (Phi) is 7.29. The first kappa shape index (κ1) is 20.6. The van der Waals surface area contributed by atoms with Crippen LogP contribution >= 0.6 is 31.9 Å². The minimum atomic E-state index is 0.511. The molecule has 0 aliphatic carbocycles. The molecule has 0 saturated heterocycles. The third-order valence-corrected chi connectivity index (χ3v) is 5.21. The van der Waals surface area contributed by atoms with Crippen LogP contribution in [0.4, 0.5) is 5.69 Å². The van der Waals surface area contributed by atoms with Crippen molar-refractivity contribution in [3.05, 3.63) is 86.3 Å². The van der Waals surface area contributed by atoms with Gasteiger partial charge in [-0.3, -0.25) is 4.99 Å². The Morgan fingerprint density at radius 2 is 1.54 bits per heavy atom.